The van der Waals surface area contributed by atoms with Gasteiger partial charge in [-0.05, 0) is 44.0 Å². The van der Waals surface area contributed by atoms with E-state index in [1.165, 1.54) is 6.07 Å². The maximum absolute atomic E-state index is 11.9. The highest BCUT2D eigenvalue weighted by atomic mass is 79.9. The highest BCUT2D eigenvalue weighted by Crippen LogP contribution is 2.35. The molecule has 0 aliphatic carbocycles. The summed E-state index contributed by atoms with van der Waals surface area (Å²) in [6.07, 6.45) is 2.88. The fourth-order valence-corrected chi connectivity index (χ4v) is 2.76. The van der Waals surface area contributed by atoms with Gasteiger partial charge in [-0.2, -0.15) is 0 Å². The van der Waals surface area contributed by atoms with Crippen molar-refractivity contribution in [3.05, 3.63) is 23.3 Å². The molecule has 0 spiro atoms. The fraction of sp³-hybridized carbons (Fsp3) is 0.500. The van der Waals surface area contributed by atoms with Gasteiger partial charge in [0.15, 0.2) is 0 Å². The first-order valence-corrected chi connectivity index (χ1v) is 7.51. The molecule has 0 saturated heterocycles. The molecule has 1 aliphatic heterocycles. The maximum Gasteiger partial charge on any atom is 0.296 e. The zero-order valence-corrected chi connectivity index (χ0v) is 14.7. The van der Waals surface area contributed by atoms with Gasteiger partial charge in [0.05, 0.1) is 11.3 Å². The van der Waals surface area contributed by atoms with Crippen molar-refractivity contribution in [3.8, 4) is 5.75 Å². The van der Waals surface area contributed by atoms with Gasteiger partial charge < -0.3 is 15.3 Å². The lowest BCUT2D eigenvalue weighted by Crippen LogP contribution is -2.28. The first-order chi connectivity index (χ1) is 10.1. The van der Waals surface area contributed by atoms with Crippen LogP contribution < -0.4 is 5.32 Å². The summed E-state index contributed by atoms with van der Waals surface area (Å²) in [6.45, 7) is 7.19. The summed E-state index contributed by atoms with van der Waals surface area (Å²) in [5.74, 6) is -1.26. The van der Waals surface area contributed by atoms with E-state index in [2.05, 4.69) is 24.1 Å². The van der Waals surface area contributed by atoms with Gasteiger partial charge >= 0.3 is 0 Å². The molecular formula is C16H23BrN2O3. The van der Waals surface area contributed by atoms with Crippen LogP contribution in [0.5, 0.6) is 5.75 Å². The summed E-state index contributed by atoms with van der Waals surface area (Å²) >= 11 is 0. The molecule has 0 fully saturated rings. The van der Waals surface area contributed by atoms with Gasteiger partial charge in [0, 0.05) is 6.54 Å². The quantitative estimate of drug-likeness (QED) is 0.571. The summed E-state index contributed by atoms with van der Waals surface area (Å²) in [6, 6.07) is 3.28. The van der Waals surface area contributed by atoms with E-state index >= 15 is 0 Å². The predicted octanol–water partition coefficient (Wildman–Crippen LogP) is 2.77. The Morgan fingerprint density at radius 2 is 1.73 bits per heavy atom. The van der Waals surface area contributed by atoms with Crippen molar-refractivity contribution in [2.24, 2.45) is 0 Å². The molecule has 22 heavy (non-hydrogen) atoms. The minimum Gasteiger partial charge on any atom is -0.506 e. The minimum atomic E-state index is -0.660. The van der Waals surface area contributed by atoms with Crippen molar-refractivity contribution in [3.63, 3.8) is 0 Å². The average Bonchev–Trinajstić information content (AvgIpc) is 2.76. The van der Waals surface area contributed by atoms with Crippen LogP contribution in [0.3, 0.4) is 0 Å². The van der Waals surface area contributed by atoms with E-state index in [1.807, 2.05) is 0 Å². The van der Waals surface area contributed by atoms with Gasteiger partial charge in [0.1, 0.15) is 5.75 Å². The highest BCUT2D eigenvalue weighted by molar-refractivity contribution is 8.93. The number of aromatic hydroxyl groups is 1. The zero-order valence-electron chi connectivity index (χ0n) is 13.0. The number of ketones is 1. The summed E-state index contributed by atoms with van der Waals surface area (Å²) < 4.78 is 0. The second-order valence-corrected chi connectivity index (χ2v) is 5.37. The molecule has 1 aromatic carbocycles. The Morgan fingerprint density at radius 3 is 2.32 bits per heavy atom. The van der Waals surface area contributed by atoms with Gasteiger partial charge in [-0.3, -0.25) is 9.59 Å². The largest absolute Gasteiger partial charge is 0.506 e. The average molecular weight is 371 g/mol. The van der Waals surface area contributed by atoms with E-state index in [9.17, 15) is 14.7 Å². The summed E-state index contributed by atoms with van der Waals surface area (Å²) in [5.41, 5.74) is 1.43. The van der Waals surface area contributed by atoms with Crippen molar-refractivity contribution in [1.29, 1.82) is 0 Å². The number of phenolic OH excluding ortho intramolecular Hbond substituents is 1. The molecule has 5 nitrogen and oxygen atoms in total. The topological polar surface area (TPSA) is 69.6 Å². The Bertz CT molecular complexity index is 555. The van der Waals surface area contributed by atoms with E-state index < -0.39 is 11.7 Å². The number of halogens is 1. The molecule has 0 unspecified atom stereocenters. The van der Waals surface area contributed by atoms with E-state index in [0.717, 1.165) is 38.0 Å². The van der Waals surface area contributed by atoms with Crippen molar-refractivity contribution in [2.75, 3.05) is 25.0 Å². The third-order valence-corrected chi connectivity index (χ3v) is 3.72. The minimum absolute atomic E-state index is 0. The van der Waals surface area contributed by atoms with E-state index in [0.29, 0.717) is 12.0 Å². The lowest BCUT2D eigenvalue weighted by Gasteiger charge is -2.21. The number of phenols is 1. The number of nitrogens with zero attached hydrogens (tertiary/aromatic N) is 1. The second-order valence-electron chi connectivity index (χ2n) is 5.37. The van der Waals surface area contributed by atoms with Crippen molar-refractivity contribution in [1.82, 2.24) is 4.90 Å². The van der Waals surface area contributed by atoms with Gasteiger partial charge in [-0.25, -0.2) is 0 Å². The van der Waals surface area contributed by atoms with Crippen LogP contribution in [0.2, 0.25) is 0 Å². The summed E-state index contributed by atoms with van der Waals surface area (Å²) in [4.78, 5) is 25.8. The Morgan fingerprint density at radius 1 is 1.09 bits per heavy atom. The monoisotopic (exact) mass is 370 g/mol. The number of amides is 1. The van der Waals surface area contributed by atoms with Crippen LogP contribution >= 0.6 is 17.0 Å². The number of carbonyl (C=O) groups excluding carboxylic acids is 2. The SMILES string of the molecule is Br.CCCN(CCC)CCc1ccc(O)c2c1C(=O)C(=O)N2. The molecule has 1 heterocycles. The second kappa shape index (κ2) is 8.29. The summed E-state index contributed by atoms with van der Waals surface area (Å²) in [7, 11) is 0. The first kappa shape index (κ1) is 18.6. The number of carbonyl (C=O) groups is 2. The van der Waals surface area contributed by atoms with Crippen LogP contribution in [0, 0.1) is 0 Å². The third kappa shape index (κ3) is 3.87. The van der Waals surface area contributed by atoms with Crippen LogP contribution in [-0.2, 0) is 11.2 Å². The van der Waals surface area contributed by atoms with Gasteiger partial charge in [0.25, 0.3) is 11.7 Å². The Labute approximate surface area is 141 Å². The van der Waals surface area contributed by atoms with E-state index in [1.54, 1.807) is 6.07 Å². The smallest absolute Gasteiger partial charge is 0.296 e. The lowest BCUT2D eigenvalue weighted by molar-refractivity contribution is -0.112. The van der Waals surface area contributed by atoms with Crippen LogP contribution in [0.25, 0.3) is 0 Å². The molecule has 0 bridgehead atoms. The zero-order chi connectivity index (χ0) is 15.4. The lowest BCUT2D eigenvalue weighted by atomic mass is 10.0. The van der Waals surface area contributed by atoms with Crippen LogP contribution in [0.4, 0.5) is 5.69 Å². The van der Waals surface area contributed by atoms with Crippen molar-refractivity contribution in [2.45, 2.75) is 33.1 Å². The first-order valence-electron chi connectivity index (χ1n) is 7.51. The van der Waals surface area contributed by atoms with Gasteiger partial charge in [0.2, 0.25) is 0 Å². The number of anilines is 1. The molecule has 0 atom stereocenters. The predicted molar refractivity (Wildman–Crippen MR) is 92.1 cm³/mol. The Hall–Kier alpha value is -1.40. The molecule has 6 heteroatoms. The number of Topliss-reactive ketones (excluding diaryl/α,β-unsaturated/α-hetero) is 1. The van der Waals surface area contributed by atoms with Crippen molar-refractivity contribution >= 4 is 34.4 Å². The molecule has 0 aromatic heterocycles. The van der Waals surface area contributed by atoms with Gasteiger partial charge in [-0.15, -0.1) is 17.0 Å². The summed E-state index contributed by atoms with van der Waals surface area (Å²) in [5, 5.41) is 12.2. The number of rotatable bonds is 7. The third-order valence-electron chi connectivity index (χ3n) is 3.72. The van der Waals surface area contributed by atoms with Crippen LogP contribution in [0.15, 0.2) is 12.1 Å². The van der Waals surface area contributed by atoms with E-state index in [-0.39, 0.29) is 28.4 Å². The van der Waals surface area contributed by atoms with Gasteiger partial charge in [-0.1, -0.05) is 19.9 Å². The maximum atomic E-state index is 11.9. The molecule has 1 amide bonds. The normalized spacial score (nSPS) is 13.0. The molecule has 0 saturated carbocycles. The van der Waals surface area contributed by atoms with E-state index in [4.69, 9.17) is 0 Å². The number of nitrogens with one attached hydrogen (secondary N) is 1. The standard InChI is InChI=1S/C16H22N2O3.BrH/c1-3-8-18(9-4-2)10-7-11-5-6-12(19)14-13(11)15(20)16(21)17-14;/h5-6,19H,3-4,7-10H2,1-2H3,(H,17,20,21);1H. The highest BCUT2D eigenvalue weighted by Gasteiger charge is 2.32. The fourth-order valence-electron chi connectivity index (χ4n) is 2.76. The molecule has 0 radical (unpaired) electrons. The Balaban J connectivity index is 0.00000242. The molecule has 1 aliphatic rings. The molecule has 122 valence electrons. The van der Waals surface area contributed by atoms with Crippen molar-refractivity contribution < 1.29 is 14.7 Å². The molecule has 2 N–H and O–H groups in total. The number of fused-ring (bicyclic) bond motifs is 1. The number of benzene rings is 1. The van der Waals surface area contributed by atoms with Crippen LogP contribution in [-0.4, -0.2) is 41.3 Å². The number of hydrogen-bond donors (Lipinski definition) is 2. The molecular weight excluding hydrogens is 348 g/mol. The Kier molecular flexibility index (Phi) is 7.03. The molecule has 1 aromatic rings. The number of hydrogen-bond acceptors (Lipinski definition) is 4. The van der Waals surface area contributed by atoms with Crippen LogP contribution in [0.1, 0.15) is 42.6 Å². The molecule has 2 rings (SSSR count).